The molecule has 0 N–H and O–H groups in total. The lowest BCUT2D eigenvalue weighted by molar-refractivity contribution is 1.08. The fraction of sp³-hybridized carbons (Fsp3) is 0. The van der Waals surface area contributed by atoms with Gasteiger partial charge in [0.2, 0.25) is 0 Å². The Bertz CT molecular complexity index is 9720. The zero-order valence-electron chi connectivity index (χ0n) is 72.4. The number of benzene rings is 23. The zero-order chi connectivity index (χ0) is 87.5. The van der Waals surface area contributed by atoms with Gasteiger partial charge in [0, 0.05) is 69.1 Å². The van der Waals surface area contributed by atoms with Crippen LogP contribution in [0.1, 0.15) is 0 Å². The molecule has 0 unspecified atom stereocenters. The monoisotopic (exact) mass is 1690 g/mol. The second-order valence-corrected chi connectivity index (χ2v) is 36.5. The van der Waals surface area contributed by atoms with Crippen LogP contribution in [-0.2, 0) is 0 Å². The molecule has 3 heterocycles. The van der Waals surface area contributed by atoms with Crippen LogP contribution in [0.3, 0.4) is 0 Å². The van der Waals surface area contributed by atoms with Gasteiger partial charge < -0.3 is 0 Å². The van der Waals surface area contributed by atoms with Gasteiger partial charge in [-0.05, 0) is 356 Å². The minimum absolute atomic E-state index is 0.603. The highest BCUT2D eigenvalue weighted by molar-refractivity contribution is 6.31. The summed E-state index contributed by atoms with van der Waals surface area (Å²) in [4.78, 5) is 26.3. The maximum absolute atomic E-state index is 5.58. The number of hydrogen-bond acceptors (Lipinski definition) is 5. The molecule has 0 bridgehead atoms. The minimum Gasteiger partial charge on any atom is -0.263 e. The third-order valence-electron chi connectivity index (χ3n) is 29.1. The van der Waals surface area contributed by atoms with Crippen LogP contribution in [0.15, 0.2) is 443 Å². The first-order valence-electron chi connectivity index (χ1n) is 46.1. The highest BCUT2D eigenvalue weighted by Crippen LogP contribution is 2.58. The van der Waals surface area contributed by atoms with E-state index in [-0.39, 0.29) is 0 Å². The van der Waals surface area contributed by atoms with E-state index in [0.29, 0.717) is 17.5 Å². The summed E-state index contributed by atoms with van der Waals surface area (Å²) in [5.74, 6) is 1.83. The maximum Gasteiger partial charge on any atom is 0.164 e. The van der Waals surface area contributed by atoms with E-state index >= 15 is 0 Å². The molecule has 134 heavy (non-hydrogen) atoms. The standard InChI is InChI=1S/C129H73N5/c1-2-16-75(17-3-1)127-132-128(98-25-14-24-77(60-98)93-43-45-108-114(65-93)110-49-47-106(121-103-26-11-8-21-95(103)67-118(108)124(110)121)101-61-99(70-130-72-101)91-41-39-86-54-81(33-35-88(86)58-91)80-30-29-74-15-4-5-18-76(74)53-80)134-129(133-127)113-52-51-111-115-66-94(44-46-109(115)119-68-96-22-10-13-28-105(96)123(113)125(111)119)90-38-37-84-55-82(31-32-85(84)57-90)83-34-36-89-59-92(42-40-87(89)56-83)100-62-102(73-131-71-100)107-48-50-112-116-63-78-19-6-7-20-79(78)64-117(116)120-69-97-23-9-12-27-104(97)122(107)126(112)120/h1-73H. The van der Waals surface area contributed by atoms with Crippen molar-refractivity contribution in [3.8, 4) is 190 Å². The van der Waals surface area contributed by atoms with Gasteiger partial charge in [0.15, 0.2) is 17.5 Å². The third kappa shape index (κ3) is 11.6. The quantitative estimate of drug-likeness (QED) is 0.121. The van der Waals surface area contributed by atoms with Crippen LogP contribution in [0, 0.1) is 0 Å². The summed E-state index contributed by atoms with van der Waals surface area (Å²) in [6.07, 6.45) is 8.08. The van der Waals surface area contributed by atoms with Crippen molar-refractivity contribution in [3.05, 3.63) is 443 Å². The van der Waals surface area contributed by atoms with E-state index in [9.17, 15) is 0 Å². The number of pyridine rings is 2. The predicted molar refractivity (Wildman–Crippen MR) is 561 cm³/mol. The van der Waals surface area contributed by atoms with E-state index in [4.69, 9.17) is 24.9 Å². The van der Waals surface area contributed by atoms with Crippen LogP contribution in [-0.4, -0.2) is 24.9 Å². The van der Waals surface area contributed by atoms with Gasteiger partial charge >= 0.3 is 0 Å². The molecule has 0 saturated carbocycles. The van der Waals surface area contributed by atoms with Crippen molar-refractivity contribution in [2.75, 3.05) is 0 Å². The molecular formula is C129H73N5. The van der Waals surface area contributed by atoms with Crippen molar-refractivity contribution in [2.45, 2.75) is 0 Å². The molecule has 23 aromatic carbocycles. The number of aromatic nitrogens is 5. The summed E-state index contributed by atoms with van der Waals surface area (Å²) in [6, 6.07) is 155. The number of nitrogens with zero attached hydrogens (tertiary/aromatic N) is 5. The molecule has 3 aromatic heterocycles. The molecule has 26 aromatic rings. The summed E-state index contributed by atoms with van der Waals surface area (Å²) in [5.41, 5.74) is 36.0. The average molecular weight is 1690 g/mol. The Morgan fingerprint density at radius 1 is 0.112 bits per heavy atom. The second-order valence-electron chi connectivity index (χ2n) is 36.5. The third-order valence-corrected chi connectivity index (χ3v) is 29.1. The van der Waals surface area contributed by atoms with E-state index in [1.165, 1.54) is 208 Å². The van der Waals surface area contributed by atoms with Gasteiger partial charge in [0.25, 0.3) is 0 Å². The Balaban J connectivity index is 0.462. The first kappa shape index (κ1) is 74.2. The van der Waals surface area contributed by atoms with Crippen molar-refractivity contribution in [1.29, 1.82) is 0 Å². The predicted octanol–water partition coefficient (Wildman–Crippen LogP) is 34.6. The Morgan fingerprint density at radius 2 is 0.373 bits per heavy atom. The summed E-state index contributed by atoms with van der Waals surface area (Å²) < 4.78 is 0. The minimum atomic E-state index is 0.603. The van der Waals surface area contributed by atoms with Crippen LogP contribution in [0.2, 0.25) is 0 Å². The smallest absolute Gasteiger partial charge is 0.164 e. The van der Waals surface area contributed by atoms with E-state index in [1.54, 1.807) is 0 Å². The second kappa shape index (κ2) is 28.9. The van der Waals surface area contributed by atoms with E-state index in [0.717, 1.165) is 82.9 Å². The topological polar surface area (TPSA) is 64.5 Å². The molecule has 5 nitrogen and oxygen atoms in total. The lowest BCUT2D eigenvalue weighted by atomic mass is 9.90. The molecule has 29 rings (SSSR count). The molecule has 5 heteroatoms. The molecule has 0 amide bonds. The van der Waals surface area contributed by atoms with Crippen molar-refractivity contribution < 1.29 is 0 Å². The molecule has 0 spiro atoms. The van der Waals surface area contributed by atoms with Crippen molar-refractivity contribution in [3.63, 3.8) is 0 Å². The Hall–Kier alpha value is -17.8. The highest BCUT2D eigenvalue weighted by Gasteiger charge is 2.31. The zero-order valence-corrected chi connectivity index (χ0v) is 72.4. The van der Waals surface area contributed by atoms with Crippen molar-refractivity contribution in [1.82, 2.24) is 24.9 Å². The summed E-state index contributed by atoms with van der Waals surface area (Å²) >= 11 is 0. The highest BCUT2D eigenvalue weighted by atomic mass is 15.0. The first-order chi connectivity index (χ1) is 66.3. The number of rotatable bonds is 11. The summed E-state index contributed by atoms with van der Waals surface area (Å²) in [5, 5.41) is 26.8. The lowest BCUT2D eigenvalue weighted by Gasteiger charge is -2.14. The fourth-order valence-electron chi connectivity index (χ4n) is 22.6. The van der Waals surface area contributed by atoms with Crippen molar-refractivity contribution in [2.24, 2.45) is 0 Å². The Labute approximate surface area is 771 Å². The Morgan fingerprint density at radius 3 is 0.821 bits per heavy atom. The molecular weight excluding hydrogens is 1620 g/mol. The van der Waals surface area contributed by atoms with Crippen LogP contribution < -0.4 is 0 Å². The molecule has 0 fully saturated rings. The molecule has 3 aliphatic rings. The van der Waals surface area contributed by atoms with E-state index < -0.39 is 0 Å². The van der Waals surface area contributed by atoms with Gasteiger partial charge in [-0.25, -0.2) is 15.0 Å². The Kier molecular flexibility index (Phi) is 16.0. The van der Waals surface area contributed by atoms with Gasteiger partial charge in [-0.1, -0.05) is 309 Å². The normalized spacial score (nSPS) is 12.2. The van der Waals surface area contributed by atoms with E-state index in [1.807, 2.05) is 30.9 Å². The van der Waals surface area contributed by atoms with Crippen LogP contribution in [0.25, 0.3) is 308 Å². The molecule has 0 saturated heterocycles. The average Bonchev–Trinajstić information content (AvgIpc) is 1.54. The SMILES string of the molecule is c1ccc(-c2nc(-c3cccc(-c4ccc5c(c4)-c4ccc(-c6cncc(-c7ccc8cc(-c9ccc%10ccccc%10c9)ccc8c7)c6)c6c4c-5cc4ccccc46)c3)nc(-c3ccc4c5c(cc6ccccc6c35)-c3ccc(-c5ccc6cc(-c7ccc8cc(-c9cncc(-c%10ccc%11c%12c(cc%13ccccc%13c%10%12)-c%10cc%12ccccc%12cc%10-%11)c9)ccc8c7)ccc6c5)cc3-4)n2)cc1. The van der Waals surface area contributed by atoms with Gasteiger partial charge in [0.1, 0.15) is 0 Å². The number of fused-ring (bicyclic) bond motifs is 20. The lowest BCUT2D eigenvalue weighted by Crippen LogP contribution is -2.01. The first-order valence-corrected chi connectivity index (χ1v) is 46.1. The molecule has 3 aliphatic carbocycles. The van der Waals surface area contributed by atoms with Crippen LogP contribution >= 0.6 is 0 Å². The van der Waals surface area contributed by atoms with Gasteiger partial charge in [0.05, 0.1) is 0 Å². The molecule has 0 radical (unpaired) electrons. The fourth-order valence-corrected chi connectivity index (χ4v) is 22.6. The molecule has 0 aliphatic heterocycles. The number of hydrogen-bond donors (Lipinski definition) is 0. The summed E-state index contributed by atoms with van der Waals surface area (Å²) in [7, 11) is 0. The molecule has 614 valence electrons. The van der Waals surface area contributed by atoms with Gasteiger partial charge in [-0.2, -0.15) is 0 Å². The van der Waals surface area contributed by atoms with Gasteiger partial charge in [-0.3, -0.25) is 9.97 Å². The van der Waals surface area contributed by atoms with Crippen LogP contribution in [0.4, 0.5) is 0 Å². The van der Waals surface area contributed by atoms with Crippen molar-refractivity contribution >= 4 is 118 Å². The van der Waals surface area contributed by atoms with E-state index in [2.05, 4.69) is 413 Å². The largest absolute Gasteiger partial charge is 0.263 e. The van der Waals surface area contributed by atoms with Crippen LogP contribution in [0.5, 0.6) is 0 Å². The molecule has 0 atom stereocenters. The van der Waals surface area contributed by atoms with Gasteiger partial charge in [-0.15, -0.1) is 0 Å². The summed E-state index contributed by atoms with van der Waals surface area (Å²) in [6.45, 7) is 0. The maximum atomic E-state index is 5.58.